The molecule has 2 aromatic carbocycles. The first-order valence-corrected chi connectivity index (χ1v) is 8.61. The summed E-state index contributed by atoms with van der Waals surface area (Å²) in [5.74, 6) is -1.74. The fourth-order valence-electron chi connectivity index (χ4n) is 3.17. The molecule has 2 aromatic rings. The summed E-state index contributed by atoms with van der Waals surface area (Å²) < 4.78 is 55.0. The van der Waals surface area contributed by atoms with E-state index in [0.717, 1.165) is 6.07 Å². The molecule has 146 valence electrons. The van der Waals surface area contributed by atoms with Crippen LogP contribution in [-0.2, 0) is 0 Å². The first-order chi connectivity index (χ1) is 12.7. The topological polar surface area (TPSA) is 44.7 Å². The number of phenolic OH excluding ortho intramolecular Hbond substituents is 1. The number of hydrogen-bond acceptors (Lipinski definition) is 4. The van der Waals surface area contributed by atoms with Crippen LogP contribution in [0.15, 0.2) is 36.4 Å². The summed E-state index contributed by atoms with van der Waals surface area (Å²) in [6, 6.07) is 7.21. The summed E-state index contributed by atoms with van der Waals surface area (Å²) in [4.78, 5) is 2.00. The van der Waals surface area contributed by atoms with Crippen LogP contribution in [0.3, 0.4) is 0 Å². The lowest BCUT2D eigenvalue weighted by Crippen LogP contribution is -2.45. The Hall–Kier alpha value is -2.03. The van der Waals surface area contributed by atoms with Crippen molar-refractivity contribution in [2.24, 2.45) is 0 Å². The fourth-order valence-corrected chi connectivity index (χ4v) is 3.39. The second-order valence-electron chi connectivity index (χ2n) is 6.13. The lowest BCUT2D eigenvalue weighted by molar-refractivity contribution is -0.274. The molecule has 1 saturated heterocycles. The number of ether oxygens (including phenoxy) is 1. The van der Waals surface area contributed by atoms with Gasteiger partial charge in [0.1, 0.15) is 5.75 Å². The Morgan fingerprint density at radius 3 is 2.33 bits per heavy atom. The molecule has 2 N–H and O–H groups in total. The Bertz CT molecular complexity index is 793. The Balaban J connectivity index is 2.00. The number of halogens is 5. The van der Waals surface area contributed by atoms with E-state index >= 15 is 0 Å². The summed E-state index contributed by atoms with van der Waals surface area (Å²) in [6.07, 6.45) is -4.78. The van der Waals surface area contributed by atoms with Crippen molar-refractivity contribution in [3.05, 3.63) is 58.4 Å². The number of nitrogens with one attached hydrogen (secondary N) is 1. The Kier molecular flexibility index (Phi) is 5.78. The highest BCUT2D eigenvalue weighted by Gasteiger charge is 2.32. The maximum absolute atomic E-state index is 14.0. The number of benzene rings is 2. The molecule has 0 aliphatic carbocycles. The Morgan fingerprint density at radius 1 is 1.11 bits per heavy atom. The number of piperazine rings is 1. The van der Waals surface area contributed by atoms with Crippen LogP contribution in [0.4, 0.5) is 17.6 Å². The van der Waals surface area contributed by atoms with Crippen LogP contribution in [-0.4, -0.2) is 42.5 Å². The molecular weight excluding hydrogens is 388 g/mol. The van der Waals surface area contributed by atoms with E-state index < -0.39 is 24.0 Å². The van der Waals surface area contributed by atoms with E-state index in [1.165, 1.54) is 30.3 Å². The number of rotatable bonds is 4. The first-order valence-electron chi connectivity index (χ1n) is 8.23. The van der Waals surface area contributed by atoms with Crippen molar-refractivity contribution >= 4 is 11.6 Å². The van der Waals surface area contributed by atoms with Gasteiger partial charge >= 0.3 is 6.36 Å². The molecule has 1 heterocycles. The van der Waals surface area contributed by atoms with E-state index in [1.54, 1.807) is 0 Å². The standard InChI is InChI=1S/C18H17ClF4N2O2/c19-12-9-14(17(26)15(20)10-12)16(25-7-5-24-6-8-25)11-1-3-13(4-2-11)27-18(21,22)23/h1-4,9-10,16,24,26H,5-8H2/t16-/m1/s1. The Labute approximate surface area is 158 Å². The number of nitrogens with zero attached hydrogens (tertiary/aromatic N) is 1. The molecule has 0 spiro atoms. The maximum atomic E-state index is 14.0. The smallest absolute Gasteiger partial charge is 0.505 e. The van der Waals surface area contributed by atoms with E-state index in [-0.39, 0.29) is 16.3 Å². The highest BCUT2D eigenvalue weighted by molar-refractivity contribution is 6.30. The summed E-state index contributed by atoms with van der Waals surface area (Å²) >= 11 is 5.96. The predicted molar refractivity (Wildman–Crippen MR) is 92.5 cm³/mol. The predicted octanol–water partition coefficient (Wildman–Crippen LogP) is 4.08. The second-order valence-corrected chi connectivity index (χ2v) is 6.57. The molecule has 3 rings (SSSR count). The Morgan fingerprint density at radius 2 is 1.74 bits per heavy atom. The quantitative estimate of drug-likeness (QED) is 0.754. The molecular formula is C18H17ClF4N2O2. The van der Waals surface area contributed by atoms with Crippen molar-refractivity contribution in [1.29, 1.82) is 0 Å². The van der Waals surface area contributed by atoms with Crippen molar-refractivity contribution in [2.45, 2.75) is 12.4 Å². The van der Waals surface area contributed by atoms with Gasteiger partial charge in [0, 0.05) is 36.8 Å². The molecule has 0 aromatic heterocycles. The fraction of sp³-hybridized carbons (Fsp3) is 0.333. The van der Waals surface area contributed by atoms with Gasteiger partial charge in [-0.1, -0.05) is 23.7 Å². The number of alkyl halides is 3. The highest BCUT2D eigenvalue weighted by atomic mass is 35.5. The first kappa shape index (κ1) is 19.7. The monoisotopic (exact) mass is 404 g/mol. The summed E-state index contributed by atoms with van der Waals surface area (Å²) in [7, 11) is 0. The molecule has 0 unspecified atom stereocenters. The number of hydrogen-bond donors (Lipinski definition) is 2. The zero-order chi connectivity index (χ0) is 19.6. The maximum Gasteiger partial charge on any atom is 0.573 e. The van der Waals surface area contributed by atoms with Gasteiger partial charge in [0.05, 0.1) is 6.04 Å². The van der Waals surface area contributed by atoms with Crippen LogP contribution in [0.25, 0.3) is 0 Å². The van der Waals surface area contributed by atoms with Crippen LogP contribution in [0.5, 0.6) is 11.5 Å². The van der Waals surface area contributed by atoms with Gasteiger partial charge in [-0.25, -0.2) is 4.39 Å². The third-order valence-electron chi connectivity index (χ3n) is 4.30. The average Bonchev–Trinajstić information content (AvgIpc) is 2.60. The van der Waals surface area contributed by atoms with Gasteiger partial charge in [0.2, 0.25) is 0 Å². The molecule has 0 radical (unpaired) electrons. The molecule has 4 nitrogen and oxygen atoms in total. The highest BCUT2D eigenvalue weighted by Crippen LogP contribution is 2.38. The van der Waals surface area contributed by atoms with E-state index in [1.807, 2.05) is 4.90 Å². The van der Waals surface area contributed by atoms with Crippen molar-refractivity contribution < 1.29 is 27.4 Å². The van der Waals surface area contributed by atoms with E-state index in [2.05, 4.69) is 10.1 Å². The largest absolute Gasteiger partial charge is 0.573 e. The lowest BCUT2D eigenvalue weighted by atomic mass is 9.95. The molecule has 1 aliphatic rings. The minimum absolute atomic E-state index is 0.123. The second kappa shape index (κ2) is 7.92. The third-order valence-corrected chi connectivity index (χ3v) is 4.52. The van der Waals surface area contributed by atoms with Gasteiger partial charge in [0.25, 0.3) is 0 Å². The van der Waals surface area contributed by atoms with Crippen molar-refractivity contribution in [1.82, 2.24) is 10.2 Å². The van der Waals surface area contributed by atoms with Gasteiger partial charge in [-0.2, -0.15) is 0 Å². The number of aromatic hydroxyl groups is 1. The average molecular weight is 405 g/mol. The molecule has 1 fully saturated rings. The SMILES string of the molecule is Oc1c(F)cc(Cl)cc1[C@@H](c1ccc(OC(F)(F)F)cc1)N1CCNCC1. The van der Waals surface area contributed by atoms with E-state index in [9.17, 15) is 22.7 Å². The van der Waals surface area contributed by atoms with Gasteiger partial charge in [-0.15, -0.1) is 13.2 Å². The van der Waals surface area contributed by atoms with E-state index in [4.69, 9.17) is 11.6 Å². The summed E-state index contributed by atoms with van der Waals surface area (Å²) in [6.45, 7) is 2.60. The van der Waals surface area contributed by atoms with Crippen molar-refractivity contribution in [3.8, 4) is 11.5 Å². The number of phenols is 1. The van der Waals surface area contributed by atoms with Crippen LogP contribution in [0.1, 0.15) is 17.2 Å². The lowest BCUT2D eigenvalue weighted by Gasteiger charge is -2.36. The molecule has 0 saturated carbocycles. The van der Waals surface area contributed by atoms with Gasteiger partial charge in [0.15, 0.2) is 11.6 Å². The van der Waals surface area contributed by atoms with Gasteiger partial charge in [-0.3, -0.25) is 4.90 Å². The molecule has 0 bridgehead atoms. The molecule has 27 heavy (non-hydrogen) atoms. The van der Waals surface area contributed by atoms with Crippen molar-refractivity contribution in [2.75, 3.05) is 26.2 Å². The summed E-state index contributed by atoms with van der Waals surface area (Å²) in [5, 5.41) is 13.6. The zero-order valence-corrected chi connectivity index (χ0v) is 14.8. The van der Waals surface area contributed by atoms with Crippen LogP contribution < -0.4 is 10.1 Å². The molecule has 1 aliphatic heterocycles. The molecule has 9 heteroatoms. The normalized spacial score (nSPS) is 16.9. The van der Waals surface area contributed by atoms with Crippen LogP contribution in [0.2, 0.25) is 5.02 Å². The molecule has 0 amide bonds. The van der Waals surface area contributed by atoms with E-state index in [0.29, 0.717) is 31.7 Å². The van der Waals surface area contributed by atoms with Crippen LogP contribution in [0, 0.1) is 5.82 Å². The van der Waals surface area contributed by atoms with Gasteiger partial charge in [-0.05, 0) is 29.8 Å². The van der Waals surface area contributed by atoms with Gasteiger partial charge < -0.3 is 15.2 Å². The minimum atomic E-state index is -4.78. The third kappa shape index (κ3) is 4.82. The van der Waals surface area contributed by atoms with Crippen molar-refractivity contribution in [3.63, 3.8) is 0 Å². The summed E-state index contributed by atoms with van der Waals surface area (Å²) in [5.41, 5.74) is 0.842. The minimum Gasteiger partial charge on any atom is -0.505 e. The zero-order valence-electron chi connectivity index (χ0n) is 14.1. The van der Waals surface area contributed by atoms with Crippen LogP contribution >= 0.6 is 11.6 Å². The molecule has 1 atom stereocenters.